The molecule has 0 fully saturated rings. The van der Waals surface area contributed by atoms with Gasteiger partial charge < -0.3 is 9.64 Å². The van der Waals surface area contributed by atoms with Crippen molar-refractivity contribution in [3.05, 3.63) is 103 Å². The van der Waals surface area contributed by atoms with Crippen LogP contribution in [0.3, 0.4) is 0 Å². The third kappa shape index (κ3) is 6.16. The SMILES string of the molecule is C=C/C=C(\C=COCc1ccc(C=C)c(C=C)n1)C1N=CC=CC1N(CC)C1=CN=CCC1. The highest BCUT2D eigenvalue weighted by molar-refractivity contribution is 5.73. The Morgan fingerprint density at radius 3 is 2.82 bits per heavy atom. The summed E-state index contributed by atoms with van der Waals surface area (Å²) in [7, 11) is 0. The molecule has 0 N–H and O–H groups in total. The summed E-state index contributed by atoms with van der Waals surface area (Å²) in [6.07, 6.45) is 22.9. The van der Waals surface area contributed by atoms with Crippen LogP contribution in [0.25, 0.3) is 12.2 Å². The van der Waals surface area contributed by atoms with Crippen LogP contribution in [0.1, 0.15) is 36.7 Å². The van der Waals surface area contributed by atoms with Crippen LogP contribution in [-0.2, 0) is 11.3 Å². The maximum absolute atomic E-state index is 5.81. The Kier molecular flexibility index (Phi) is 8.95. The van der Waals surface area contributed by atoms with E-state index in [2.05, 4.69) is 47.6 Å². The lowest BCUT2D eigenvalue weighted by atomic mass is 9.94. The van der Waals surface area contributed by atoms with Gasteiger partial charge in [0, 0.05) is 30.9 Å². The average molecular weight is 441 g/mol. The number of dihydropyridines is 1. The summed E-state index contributed by atoms with van der Waals surface area (Å²) in [5.41, 5.74) is 4.84. The molecule has 2 aliphatic rings. The van der Waals surface area contributed by atoms with Crippen LogP contribution in [0.5, 0.6) is 0 Å². The lowest BCUT2D eigenvalue weighted by Crippen LogP contribution is -2.43. The van der Waals surface area contributed by atoms with Crippen molar-refractivity contribution in [1.82, 2.24) is 9.88 Å². The number of ether oxygens (including phenoxy) is 1. The van der Waals surface area contributed by atoms with Gasteiger partial charge in [0.25, 0.3) is 0 Å². The van der Waals surface area contributed by atoms with Crippen LogP contribution in [-0.4, -0.2) is 40.9 Å². The van der Waals surface area contributed by atoms with Crippen LogP contribution in [0.15, 0.2) is 96.0 Å². The maximum Gasteiger partial charge on any atom is 0.129 e. The second kappa shape index (κ2) is 12.3. The van der Waals surface area contributed by atoms with Crippen LogP contribution in [0.4, 0.5) is 0 Å². The second-order valence-electron chi connectivity index (χ2n) is 7.60. The highest BCUT2D eigenvalue weighted by atomic mass is 16.5. The quantitative estimate of drug-likeness (QED) is 0.317. The summed E-state index contributed by atoms with van der Waals surface area (Å²) in [4.78, 5) is 16.1. The molecule has 1 aromatic rings. The maximum atomic E-state index is 5.81. The number of hydrogen-bond donors (Lipinski definition) is 0. The zero-order valence-corrected chi connectivity index (χ0v) is 19.3. The fourth-order valence-electron chi connectivity index (χ4n) is 3.96. The Bertz CT molecular complexity index is 1040. The van der Waals surface area contributed by atoms with Gasteiger partial charge in [0.15, 0.2) is 0 Å². The summed E-state index contributed by atoms with van der Waals surface area (Å²) < 4.78 is 5.81. The van der Waals surface area contributed by atoms with E-state index in [0.717, 1.165) is 41.9 Å². The highest BCUT2D eigenvalue weighted by Gasteiger charge is 2.29. The first-order valence-corrected chi connectivity index (χ1v) is 11.2. The van der Waals surface area contributed by atoms with Crippen LogP contribution in [0, 0.1) is 0 Å². The van der Waals surface area contributed by atoms with Gasteiger partial charge in [-0.2, -0.15) is 0 Å². The molecular formula is C28H32N4O. The minimum absolute atomic E-state index is 0.0722. The molecule has 0 saturated carbocycles. The van der Waals surface area contributed by atoms with Gasteiger partial charge in [-0.15, -0.1) is 0 Å². The predicted octanol–water partition coefficient (Wildman–Crippen LogP) is 5.92. The summed E-state index contributed by atoms with van der Waals surface area (Å²) in [5.74, 6) is 0. The highest BCUT2D eigenvalue weighted by Crippen LogP contribution is 2.27. The summed E-state index contributed by atoms with van der Waals surface area (Å²) in [5, 5.41) is 0. The Hall–Kier alpha value is -3.73. The first kappa shape index (κ1) is 23.9. The molecule has 5 heteroatoms. The van der Waals surface area contributed by atoms with Gasteiger partial charge in [0.2, 0.25) is 0 Å². The standard InChI is InChI=1S/C28H32N4O/c1-5-11-23(16-19-33-21-24-15-14-22(6-2)26(7-3)31-24)28-27(13-10-18-30-28)32(8-4)25-12-9-17-29-20-25/h5-7,10-11,13-20,27-28H,1-3,8-9,12,21H2,4H3/b19-16?,23-11+. The van der Waals surface area contributed by atoms with E-state index in [-0.39, 0.29) is 12.1 Å². The molecule has 5 nitrogen and oxygen atoms in total. The zero-order chi connectivity index (χ0) is 23.5. The van der Waals surface area contributed by atoms with Crippen LogP contribution in [0.2, 0.25) is 0 Å². The van der Waals surface area contributed by atoms with Gasteiger partial charge >= 0.3 is 0 Å². The van der Waals surface area contributed by atoms with E-state index in [0.29, 0.717) is 6.61 Å². The molecule has 2 aliphatic heterocycles. The smallest absolute Gasteiger partial charge is 0.129 e. The molecule has 33 heavy (non-hydrogen) atoms. The number of aliphatic imine (C=N–C) groups is 2. The third-order valence-electron chi connectivity index (χ3n) is 5.56. The van der Waals surface area contributed by atoms with E-state index in [1.165, 1.54) is 5.70 Å². The molecule has 170 valence electrons. The predicted molar refractivity (Wildman–Crippen MR) is 140 cm³/mol. The van der Waals surface area contributed by atoms with E-state index in [4.69, 9.17) is 9.73 Å². The van der Waals surface area contributed by atoms with Crippen molar-refractivity contribution >= 4 is 24.6 Å². The minimum Gasteiger partial charge on any atom is -0.495 e. The number of allylic oxidation sites excluding steroid dienone is 4. The largest absolute Gasteiger partial charge is 0.495 e. The molecule has 2 atom stereocenters. The fraction of sp³-hybridized carbons (Fsp3) is 0.250. The number of aromatic nitrogens is 1. The van der Waals surface area contributed by atoms with Crippen molar-refractivity contribution < 1.29 is 4.74 Å². The fourth-order valence-corrected chi connectivity index (χ4v) is 3.96. The monoisotopic (exact) mass is 440 g/mol. The lowest BCUT2D eigenvalue weighted by Gasteiger charge is -2.38. The molecule has 3 heterocycles. The number of likely N-dealkylation sites (N-methyl/N-ethyl adjacent to an activating group) is 1. The number of nitrogens with zero attached hydrogens (tertiary/aromatic N) is 4. The average Bonchev–Trinajstić information content (AvgIpc) is 2.87. The van der Waals surface area contributed by atoms with E-state index in [1.54, 1.807) is 24.5 Å². The van der Waals surface area contributed by atoms with Crippen molar-refractivity contribution in [3.8, 4) is 0 Å². The Morgan fingerprint density at radius 1 is 1.24 bits per heavy atom. The summed E-state index contributed by atoms with van der Waals surface area (Å²) in [6, 6.07) is 3.93. The Morgan fingerprint density at radius 2 is 2.12 bits per heavy atom. The minimum atomic E-state index is -0.0722. The normalized spacial score (nSPS) is 19.9. The first-order valence-electron chi connectivity index (χ1n) is 11.2. The molecule has 0 spiro atoms. The third-order valence-corrected chi connectivity index (χ3v) is 5.56. The zero-order valence-electron chi connectivity index (χ0n) is 19.3. The number of pyridine rings is 1. The van der Waals surface area contributed by atoms with Gasteiger partial charge in [-0.3, -0.25) is 9.98 Å². The molecule has 0 saturated heterocycles. The van der Waals surface area contributed by atoms with Crippen molar-refractivity contribution in [2.24, 2.45) is 9.98 Å². The molecular weight excluding hydrogens is 408 g/mol. The first-order chi connectivity index (χ1) is 16.2. The number of rotatable bonds is 11. The lowest BCUT2D eigenvalue weighted by molar-refractivity contribution is 0.231. The molecule has 0 aliphatic carbocycles. The van der Waals surface area contributed by atoms with E-state index >= 15 is 0 Å². The Labute approximate surface area is 197 Å². The van der Waals surface area contributed by atoms with Crippen molar-refractivity contribution in [2.45, 2.75) is 38.5 Å². The van der Waals surface area contributed by atoms with E-state index in [9.17, 15) is 0 Å². The molecule has 3 rings (SSSR count). The van der Waals surface area contributed by atoms with Gasteiger partial charge in [0.05, 0.1) is 29.7 Å². The number of hydrogen-bond acceptors (Lipinski definition) is 5. The second-order valence-corrected chi connectivity index (χ2v) is 7.60. The summed E-state index contributed by atoms with van der Waals surface area (Å²) in [6.45, 7) is 14.9. The molecule has 2 unspecified atom stereocenters. The molecule has 1 aromatic heterocycles. The van der Waals surface area contributed by atoms with Crippen LogP contribution >= 0.6 is 0 Å². The van der Waals surface area contributed by atoms with Gasteiger partial charge in [0.1, 0.15) is 6.61 Å². The molecule has 0 amide bonds. The topological polar surface area (TPSA) is 50.1 Å². The van der Waals surface area contributed by atoms with Crippen molar-refractivity contribution in [2.75, 3.05) is 6.54 Å². The molecule has 0 radical (unpaired) electrons. The Balaban J connectivity index is 1.73. The van der Waals surface area contributed by atoms with E-state index in [1.807, 2.05) is 49.0 Å². The van der Waals surface area contributed by atoms with Crippen molar-refractivity contribution in [3.63, 3.8) is 0 Å². The van der Waals surface area contributed by atoms with Crippen molar-refractivity contribution in [1.29, 1.82) is 0 Å². The van der Waals surface area contributed by atoms with Gasteiger partial charge in [-0.1, -0.05) is 50.1 Å². The molecule has 0 aromatic carbocycles. The summed E-state index contributed by atoms with van der Waals surface area (Å²) >= 11 is 0. The van der Waals surface area contributed by atoms with Crippen LogP contribution < -0.4 is 0 Å². The van der Waals surface area contributed by atoms with Gasteiger partial charge in [-0.05, 0) is 55.2 Å². The van der Waals surface area contributed by atoms with Gasteiger partial charge in [-0.25, -0.2) is 4.98 Å². The van der Waals surface area contributed by atoms with E-state index < -0.39 is 0 Å². The molecule has 0 bridgehead atoms.